The predicted octanol–water partition coefficient (Wildman–Crippen LogP) is 4.64. The van der Waals surface area contributed by atoms with Gasteiger partial charge in [0.2, 0.25) is 0 Å². The number of Topliss-reactive ketones (excluding diaryl/α,β-unsaturated/α-hetero) is 1. The van der Waals surface area contributed by atoms with E-state index in [0.29, 0.717) is 6.61 Å². The summed E-state index contributed by atoms with van der Waals surface area (Å²) in [6.45, 7) is 4.87. The molecular formula is C23H24O3. The SMILES string of the molecule is COc1ccc(C(=O)[C@@H]2C=C3[C@H](COC3(C)C)[C@H]2c2ccccc2)cc1. The lowest BCUT2D eigenvalue weighted by Gasteiger charge is -2.24. The Kier molecular flexibility index (Phi) is 4.20. The van der Waals surface area contributed by atoms with Crippen molar-refractivity contribution < 1.29 is 14.3 Å². The van der Waals surface area contributed by atoms with Crippen molar-refractivity contribution in [2.45, 2.75) is 25.4 Å². The van der Waals surface area contributed by atoms with Crippen LogP contribution in [0.5, 0.6) is 5.75 Å². The van der Waals surface area contributed by atoms with E-state index in [1.165, 1.54) is 11.1 Å². The molecule has 0 bridgehead atoms. The second kappa shape index (κ2) is 6.40. The highest BCUT2D eigenvalue weighted by Gasteiger charge is 2.50. The Labute approximate surface area is 154 Å². The monoisotopic (exact) mass is 348 g/mol. The van der Waals surface area contributed by atoms with Crippen molar-refractivity contribution in [3.63, 3.8) is 0 Å². The van der Waals surface area contributed by atoms with Crippen molar-refractivity contribution in [1.82, 2.24) is 0 Å². The highest BCUT2D eigenvalue weighted by Crippen LogP contribution is 2.52. The van der Waals surface area contributed by atoms with Gasteiger partial charge in [-0.25, -0.2) is 0 Å². The van der Waals surface area contributed by atoms with E-state index in [9.17, 15) is 4.79 Å². The van der Waals surface area contributed by atoms with Gasteiger partial charge in [0.25, 0.3) is 0 Å². The van der Waals surface area contributed by atoms with Crippen LogP contribution < -0.4 is 4.74 Å². The van der Waals surface area contributed by atoms with E-state index in [2.05, 4.69) is 32.1 Å². The van der Waals surface area contributed by atoms with Crippen LogP contribution in [0.4, 0.5) is 0 Å². The lowest BCUT2D eigenvalue weighted by molar-refractivity contribution is 0.0454. The third kappa shape index (κ3) is 2.77. The lowest BCUT2D eigenvalue weighted by atomic mass is 9.78. The quantitative estimate of drug-likeness (QED) is 0.596. The molecule has 2 aliphatic rings. The second-order valence-electron chi connectivity index (χ2n) is 7.60. The van der Waals surface area contributed by atoms with Crippen molar-refractivity contribution in [3.05, 3.63) is 77.4 Å². The van der Waals surface area contributed by atoms with Gasteiger partial charge < -0.3 is 9.47 Å². The molecule has 3 atom stereocenters. The Morgan fingerprint density at radius 1 is 1.08 bits per heavy atom. The maximum absolute atomic E-state index is 13.3. The molecule has 0 N–H and O–H groups in total. The van der Waals surface area contributed by atoms with Gasteiger partial charge in [-0.3, -0.25) is 4.79 Å². The zero-order chi connectivity index (χ0) is 18.3. The minimum absolute atomic E-state index is 0.127. The van der Waals surface area contributed by atoms with Gasteiger partial charge in [0.05, 0.1) is 19.3 Å². The van der Waals surface area contributed by atoms with Crippen LogP contribution in [0.1, 0.15) is 35.7 Å². The number of carbonyl (C=O) groups excluding carboxylic acids is 1. The summed E-state index contributed by atoms with van der Waals surface area (Å²) in [5.41, 5.74) is 2.90. The molecule has 0 unspecified atom stereocenters. The van der Waals surface area contributed by atoms with E-state index in [4.69, 9.17) is 9.47 Å². The third-order valence-electron chi connectivity index (χ3n) is 5.76. The van der Waals surface area contributed by atoms with Crippen LogP contribution in [0.25, 0.3) is 0 Å². The molecule has 1 heterocycles. The molecule has 134 valence electrons. The number of carbonyl (C=O) groups is 1. The summed E-state index contributed by atoms with van der Waals surface area (Å²) in [6, 6.07) is 17.8. The van der Waals surface area contributed by atoms with E-state index in [0.717, 1.165) is 11.3 Å². The molecule has 1 saturated heterocycles. The summed E-state index contributed by atoms with van der Waals surface area (Å²) in [4.78, 5) is 13.3. The number of rotatable bonds is 4. The normalized spacial score (nSPS) is 26.3. The summed E-state index contributed by atoms with van der Waals surface area (Å²) in [7, 11) is 1.63. The highest BCUT2D eigenvalue weighted by atomic mass is 16.5. The van der Waals surface area contributed by atoms with E-state index in [1.54, 1.807) is 7.11 Å². The molecular weight excluding hydrogens is 324 g/mol. The first-order chi connectivity index (χ1) is 12.5. The maximum Gasteiger partial charge on any atom is 0.170 e. The first-order valence-electron chi connectivity index (χ1n) is 9.10. The Bertz CT molecular complexity index is 834. The third-order valence-corrected chi connectivity index (χ3v) is 5.76. The van der Waals surface area contributed by atoms with Crippen molar-refractivity contribution >= 4 is 5.78 Å². The average Bonchev–Trinajstić information content (AvgIpc) is 3.19. The van der Waals surface area contributed by atoms with Crippen LogP contribution in [0.2, 0.25) is 0 Å². The van der Waals surface area contributed by atoms with Crippen LogP contribution in [0, 0.1) is 11.8 Å². The molecule has 26 heavy (non-hydrogen) atoms. The number of hydrogen-bond acceptors (Lipinski definition) is 3. The van der Waals surface area contributed by atoms with Crippen molar-refractivity contribution in [3.8, 4) is 5.75 Å². The smallest absolute Gasteiger partial charge is 0.170 e. The zero-order valence-electron chi connectivity index (χ0n) is 15.4. The Morgan fingerprint density at radius 2 is 1.77 bits per heavy atom. The number of hydrogen-bond donors (Lipinski definition) is 0. The van der Waals surface area contributed by atoms with Gasteiger partial charge in [0.1, 0.15) is 5.75 Å². The van der Waals surface area contributed by atoms with Gasteiger partial charge in [-0.15, -0.1) is 0 Å². The van der Waals surface area contributed by atoms with Crippen molar-refractivity contribution in [2.24, 2.45) is 11.8 Å². The fourth-order valence-electron chi connectivity index (χ4n) is 4.39. The molecule has 4 rings (SSSR count). The predicted molar refractivity (Wildman–Crippen MR) is 102 cm³/mol. The fraction of sp³-hybridized carbons (Fsp3) is 0.348. The van der Waals surface area contributed by atoms with Crippen LogP contribution >= 0.6 is 0 Å². The number of ketones is 1. The maximum atomic E-state index is 13.3. The number of allylic oxidation sites excluding steroid dienone is 1. The van der Waals surface area contributed by atoms with Crippen LogP contribution in [-0.4, -0.2) is 25.1 Å². The number of methoxy groups -OCH3 is 1. The lowest BCUT2D eigenvalue weighted by Crippen LogP contribution is -2.23. The van der Waals surface area contributed by atoms with E-state index in [1.807, 2.05) is 42.5 Å². The minimum Gasteiger partial charge on any atom is -0.497 e. The Hall–Kier alpha value is -2.39. The van der Waals surface area contributed by atoms with Gasteiger partial charge in [0.15, 0.2) is 5.78 Å². The minimum atomic E-state index is -0.299. The van der Waals surface area contributed by atoms with Crippen molar-refractivity contribution in [2.75, 3.05) is 13.7 Å². The summed E-state index contributed by atoms with van der Waals surface area (Å²) >= 11 is 0. The van der Waals surface area contributed by atoms with Gasteiger partial charge in [-0.1, -0.05) is 36.4 Å². The first-order valence-corrected chi connectivity index (χ1v) is 9.10. The number of fused-ring (bicyclic) bond motifs is 1. The molecule has 1 aliphatic carbocycles. The Morgan fingerprint density at radius 3 is 2.42 bits per heavy atom. The Balaban J connectivity index is 1.73. The topological polar surface area (TPSA) is 35.5 Å². The molecule has 3 heteroatoms. The van der Waals surface area contributed by atoms with Gasteiger partial charge in [-0.05, 0) is 49.2 Å². The second-order valence-corrected chi connectivity index (χ2v) is 7.60. The largest absolute Gasteiger partial charge is 0.497 e. The molecule has 0 amide bonds. The fourth-order valence-corrected chi connectivity index (χ4v) is 4.39. The molecule has 1 aliphatic heterocycles. The highest BCUT2D eigenvalue weighted by molar-refractivity contribution is 6.00. The van der Waals surface area contributed by atoms with E-state index < -0.39 is 0 Å². The van der Waals surface area contributed by atoms with E-state index >= 15 is 0 Å². The van der Waals surface area contributed by atoms with Crippen molar-refractivity contribution in [1.29, 1.82) is 0 Å². The zero-order valence-corrected chi connectivity index (χ0v) is 15.4. The molecule has 0 spiro atoms. The summed E-state index contributed by atoms with van der Waals surface area (Å²) in [6.07, 6.45) is 2.17. The summed E-state index contributed by atoms with van der Waals surface area (Å²) in [5, 5.41) is 0. The number of benzene rings is 2. The van der Waals surface area contributed by atoms with E-state index in [-0.39, 0.29) is 29.1 Å². The first kappa shape index (κ1) is 17.0. The molecule has 2 aromatic carbocycles. The molecule has 1 fully saturated rings. The summed E-state index contributed by atoms with van der Waals surface area (Å²) in [5.74, 6) is 1.16. The van der Waals surface area contributed by atoms with Gasteiger partial charge >= 0.3 is 0 Å². The molecule has 0 aromatic heterocycles. The van der Waals surface area contributed by atoms with Crippen LogP contribution in [0.3, 0.4) is 0 Å². The molecule has 0 saturated carbocycles. The summed E-state index contributed by atoms with van der Waals surface area (Å²) < 4.78 is 11.2. The average molecular weight is 348 g/mol. The molecule has 3 nitrogen and oxygen atoms in total. The van der Waals surface area contributed by atoms with Crippen LogP contribution in [-0.2, 0) is 4.74 Å². The van der Waals surface area contributed by atoms with Crippen LogP contribution in [0.15, 0.2) is 66.2 Å². The standard InChI is InChI=1S/C23H24O3/c1-23(2)20-13-18(22(24)16-9-11-17(25-3)12-10-16)21(19(20)14-26-23)15-7-5-4-6-8-15/h4-13,18-19,21H,14H2,1-3H3/t18-,19+,21+/m1/s1. The number of ether oxygens (including phenoxy) is 2. The molecule has 2 aromatic rings. The van der Waals surface area contributed by atoms with Gasteiger partial charge in [-0.2, -0.15) is 0 Å². The van der Waals surface area contributed by atoms with Gasteiger partial charge in [0, 0.05) is 23.3 Å². The molecule has 0 radical (unpaired) electrons.